The van der Waals surface area contributed by atoms with Gasteiger partial charge in [-0.2, -0.15) is 0 Å². The van der Waals surface area contributed by atoms with E-state index in [-0.39, 0.29) is 30.2 Å². The van der Waals surface area contributed by atoms with Crippen LogP contribution >= 0.6 is 11.3 Å². The maximum atomic E-state index is 14.7. The van der Waals surface area contributed by atoms with Crippen molar-refractivity contribution in [2.24, 2.45) is 4.99 Å². The van der Waals surface area contributed by atoms with Crippen LogP contribution in [0.1, 0.15) is 41.6 Å². The van der Waals surface area contributed by atoms with E-state index in [9.17, 15) is 14.4 Å². The van der Waals surface area contributed by atoms with Crippen molar-refractivity contribution in [1.82, 2.24) is 9.13 Å². The van der Waals surface area contributed by atoms with Crippen LogP contribution in [0.25, 0.3) is 22.7 Å². The quantitative estimate of drug-likeness (QED) is 0.172. The van der Waals surface area contributed by atoms with E-state index in [4.69, 9.17) is 19.2 Å². The van der Waals surface area contributed by atoms with Crippen molar-refractivity contribution in [3.8, 4) is 11.5 Å². The van der Waals surface area contributed by atoms with Gasteiger partial charge in [0.05, 0.1) is 36.6 Å². The maximum absolute atomic E-state index is 14.7. The number of aryl methyl sites for hydroxylation is 1. The lowest BCUT2D eigenvalue weighted by atomic mass is 9.92. The Balaban J connectivity index is 1.30. The smallest absolute Gasteiger partial charge is 0.338 e. The van der Waals surface area contributed by atoms with Crippen LogP contribution in [0.3, 0.4) is 0 Å². The summed E-state index contributed by atoms with van der Waals surface area (Å²) < 4.78 is 21.1. The Labute approximate surface area is 315 Å². The lowest BCUT2D eigenvalue weighted by Crippen LogP contribution is -2.40. The molecular formula is C43H38N4O6S. The number of esters is 1. The number of para-hydroxylation sites is 3. The van der Waals surface area contributed by atoms with Crippen LogP contribution in [-0.2, 0) is 27.3 Å². The van der Waals surface area contributed by atoms with Crippen molar-refractivity contribution in [2.45, 2.75) is 32.4 Å². The number of rotatable bonds is 9. The molecule has 54 heavy (non-hydrogen) atoms. The molecule has 272 valence electrons. The van der Waals surface area contributed by atoms with E-state index in [1.54, 1.807) is 30.7 Å². The summed E-state index contributed by atoms with van der Waals surface area (Å²) in [5, 5.41) is 0.901. The molecule has 0 radical (unpaired) electrons. The second-order valence-corrected chi connectivity index (χ2v) is 14.0. The molecule has 2 aliphatic heterocycles. The summed E-state index contributed by atoms with van der Waals surface area (Å²) in [4.78, 5) is 49.9. The molecule has 0 fully saturated rings. The molecule has 2 aliphatic rings. The van der Waals surface area contributed by atoms with Gasteiger partial charge in [-0.05, 0) is 49.6 Å². The maximum Gasteiger partial charge on any atom is 0.338 e. The van der Waals surface area contributed by atoms with Gasteiger partial charge in [-0.3, -0.25) is 14.2 Å². The Bertz CT molecular complexity index is 2640. The molecular weight excluding hydrogens is 701 g/mol. The summed E-state index contributed by atoms with van der Waals surface area (Å²) >= 11 is 1.24. The molecule has 0 saturated heterocycles. The average Bonchev–Trinajstić information content (AvgIpc) is 3.72. The van der Waals surface area contributed by atoms with Crippen LogP contribution in [-0.4, -0.2) is 48.4 Å². The number of amides is 1. The topological polar surface area (TPSA) is 104 Å². The highest BCUT2D eigenvalue weighted by Crippen LogP contribution is 2.42. The Morgan fingerprint density at radius 3 is 2.50 bits per heavy atom. The van der Waals surface area contributed by atoms with E-state index in [1.165, 1.54) is 24.0 Å². The molecule has 0 unspecified atom stereocenters. The Kier molecular flexibility index (Phi) is 9.47. The SMILES string of the molecule is CCOC(=O)C1=C(c2ccccc2)N=c2s/c(=C\c3cn(CC(=O)N4CCCc5ccccc54)c4ccccc34)c(=O)n2[C@H]1c1cccc(OC)c1OC. The number of aromatic nitrogens is 2. The lowest BCUT2D eigenvalue weighted by Gasteiger charge is -2.29. The summed E-state index contributed by atoms with van der Waals surface area (Å²) in [6.45, 7) is 2.68. The zero-order valence-electron chi connectivity index (χ0n) is 30.2. The van der Waals surface area contributed by atoms with Crippen LogP contribution in [0.5, 0.6) is 11.5 Å². The fourth-order valence-corrected chi connectivity index (χ4v) is 8.54. The molecule has 0 spiro atoms. The molecule has 0 N–H and O–H groups in total. The number of anilines is 1. The third-order valence-corrected chi connectivity index (χ3v) is 10.9. The zero-order chi connectivity index (χ0) is 37.3. The van der Waals surface area contributed by atoms with Crippen molar-refractivity contribution < 1.29 is 23.8 Å². The summed E-state index contributed by atoms with van der Waals surface area (Å²) in [5.74, 6) is 0.253. The lowest BCUT2D eigenvalue weighted by molar-refractivity contribution is -0.138. The summed E-state index contributed by atoms with van der Waals surface area (Å²) in [5.41, 5.74) is 5.34. The Hall–Kier alpha value is -6.20. The minimum Gasteiger partial charge on any atom is -0.493 e. The first-order valence-electron chi connectivity index (χ1n) is 17.9. The number of hydrogen-bond acceptors (Lipinski definition) is 8. The Morgan fingerprint density at radius 1 is 0.926 bits per heavy atom. The predicted octanol–water partition coefficient (Wildman–Crippen LogP) is 5.89. The van der Waals surface area contributed by atoms with Crippen molar-refractivity contribution in [3.05, 3.63) is 151 Å². The first kappa shape index (κ1) is 34.9. The number of ether oxygens (including phenoxy) is 3. The second kappa shape index (κ2) is 14.7. The summed E-state index contributed by atoms with van der Waals surface area (Å²) in [7, 11) is 3.07. The van der Waals surface area contributed by atoms with Crippen molar-refractivity contribution in [3.63, 3.8) is 0 Å². The van der Waals surface area contributed by atoms with E-state index in [1.807, 2.05) is 101 Å². The van der Waals surface area contributed by atoms with E-state index >= 15 is 0 Å². The minimum atomic E-state index is -0.950. The van der Waals surface area contributed by atoms with Gasteiger partial charge in [0.25, 0.3) is 5.56 Å². The van der Waals surface area contributed by atoms with Crippen LogP contribution in [0.15, 0.2) is 119 Å². The van der Waals surface area contributed by atoms with Crippen LogP contribution in [0.2, 0.25) is 0 Å². The summed E-state index contributed by atoms with van der Waals surface area (Å²) in [6.07, 6.45) is 5.64. The van der Waals surface area contributed by atoms with E-state index in [0.717, 1.165) is 35.0 Å². The molecule has 0 saturated carbocycles. The standard InChI is InChI=1S/C43H38N4O6S/c1-4-53-42(50)37-38(28-15-6-5-7-16-28)44-43-47(39(37)31-19-12-22-34(51-2)40(31)52-3)41(49)35(54-43)24-29-25-45(33-21-11-9-18-30(29)33)26-36(48)46-23-13-17-27-14-8-10-20-32(27)46/h5-12,14-16,18-22,24-25,39H,4,13,17,23,26H2,1-3H3/b35-24-/t39-/m0/s1. The first-order chi connectivity index (χ1) is 26.4. The van der Waals surface area contributed by atoms with Gasteiger partial charge in [-0.15, -0.1) is 0 Å². The number of thiazole rings is 1. The molecule has 2 aromatic heterocycles. The molecule has 1 amide bonds. The van der Waals surface area contributed by atoms with E-state index in [2.05, 4.69) is 6.07 Å². The zero-order valence-corrected chi connectivity index (χ0v) is 31.0. The number of fused-ring (bicyclic) bond motifs is 3. The van der Waals surface area contributed by atoms with Crippen LogP contribution < -0.4 is 29.3 Å². The van der Waals surface area contributed by atoms with Gasteiger partial charge < -0.3 is 23.7 Å². The molecule has 4 aromatic carbocycles. The van der Waals surface area contributed by atoms with Gasteiger partial charge in [-0.1, -0.05) is 90.2 Å². The molecule has 6 aromatic rings. The summed E-state index contributed by atoms with van der Waals surface area (Å²) in [6, 6.07) is 29.8. The first-order valence-corrected chi connectivity index (χ1v) is 18.7. The highest BCUT2D eigenvalue weighted by atomic mass is 32.1. The van der Waals surface area contributed by atoms with Gasteiger partial charge in [0.15, 0.2) is 16.3 Å². The number of carbonyl (C=O) groups is 2. The molecule has 8 rings (SSSR count). The highest BCUT2D eigenvalue weighted by molar-refractivity contribution is 7.07. The van der Waals surface area contributed by atoms with Crippen LogP contribution in [0.4, 0.5) is 5.69 Å². The molecule has 11 heteroatoms. The molecule has 4 heterocycles. The van der Waals surface area contributed by atoms with Crippen molar-refractivity contribution in [1.29, 1.82) is 0 Å². The van der Waals surface area contributed by atoms with E-state index < -0.39 is 12.0 Å². The number of benzene rings is 4. The average molecular weight is 739 g/mol. The normalized spacial score (nSPS) is 15.4. The number of nitrogens with zero attached hydrogens (tertiary/aromatic N) is 4. The van der Waals surface area contributed by atoms with Gasteiger partial charge in [-0.25, -0.2) is 9.79 Å². The van der Waals surface area contributed by atoms with Gasteiger partial charge in [0, 0.05) is 46.0 Å². The number of carbonyl (C=O) groups excluding carboxylic acids is 2. The van der Waals surface area contributed by atoms with Gasteiger partial charge in [0.2, 0.25) is 5.91 Å². The largest absolute Gasteiger partial charge is 0.493 e. The molecule has 0 bridgehead atoms. The van der Waals surface area contributed by atoms with E-state index in [0.29, 0.717) is 44.2 Å². The minimum absolute atomic E-state index is 0.000925. The fraction of sp³-hybridized carbons (Fsp3) is 0.209. The third kappa shape index (κ3) is 6.10. The monoisotopic (exact) mass is 738 g/mol. The number of hydrogen-bond donors (Lipinski definition) is 0. The van der Waals surface area contributed by atoms with Crippen molar-refractivity contribution in [2.75, 3.05) is 32.3 Å². The molecule has 1 atom stereocenters. The number of methoxy groups -OCH3 is 2. The van der Waals surface area contributed by atoms with Crippen molar-refractivity contribution >= 4 is 51.6 Å². The second-order valence-electron chi connectivity index (χ2n) is 13.0. The van der Waals surface area contributed by atoms with Gasteiger partial charge in [0.1, 0.15) is 12.6 Å². The third-order valence-electron chi connectivity index (χ3n) is 9.92. The molecule has 10 nitrogen and oxygen atoms in total. The Morgan fingerprint density at radius 2 is 1.70 bits per heavy atom. The fourth-order valence-electron chi connectivity index (χ4n) is 7.55. The molecule has 0 aliphatic carbocycles. The highest BCUT2D eigenvalue weighted by Gasteiger charge is 2.37. The van der Waals surface area contributed by atoms with Crippen LogP contribution in [0, 0.1) is 0 Å². The predicted molar refractivity (Wildman–Crippen MR) is 210 cm³/mol. The van der Waals surface area contributed by atoms with Gasteiger partial charge >= 0.3 is 5.97 Å².